The average Bonchev–Trinajstić information content (AvgIpc) is 3.02. The molecular formula is C18H23N3O2. The maximum atomic E-state index is 12.6. The van der Waals surface area contributed by atoms with Gasteiger partial charge in [0.2, 0.25) is 5.91 Å². The number of piperazine rings is 1. The number of Topliss-reactive ketones (excluding diaryl/α,β-unsaturated/α-hetero) is 1. The number of nitrogens with one attached hydrogen (secondary N) is 1. The molecule has 3 aliphatic heterocycles. The summed E-state index contributed by atoms with van der Waals surface area (Å²) < 4.78 is 0. The largest absolute Gasteiger partial charge is 0.314 e. The number of carbonyl (C=O) groups excluding carboxylic acids is 2. The lowest BCUT2D eigenvalue weighted by atomic mass is 9.94. The van der Waals surface area contributed by atoms with Crippen LogP contribution in [0.2, 0.25) is 0 Å². The molecule has 0 spiro atoms. The van der Waals surface area contributed by atoms with E-state index < -0.39 is 0 Å². The van der Waals surface area contributed by atoms with Gasteiger partial charge in [-0.2, -0.15) is 0 Å². The fourth-order valence-electron chi connectivity index (χ4n) is 3.96. The van der Waals surface area contributed by atoms with Crippen LogP contribution in [-0.2, 0) is 17.6 Å². The van der Waals surface area contributed by atoms with Crippen LogP contribution >= 0.6 is 0 Å². The van der Waals surface area contributed by atoms with Crippen molar-refractivity contribution in [3.05, 3.63) is 28.8 Å². The molecule has 0 saturated carbocycles. The average molecular weight is 313 g/mol. The Kier molecular flexibility index (Phi) is 3.91. The molecular weight excluding hydrogens is 290 g/mol. The fraction of sp³-hybridized carbons (Fsp3) is 0.556. The number of ketones is 1. The summed E-state index contributed by atoms with van der Waals surface area (Å²) in [4.78, 5) is 28.8. The Morgan fingerprint density at radius 1 is 1.04 bits per heavy atom. The second kappa shape index (κ2) is 6.06. The summed E-state index contributed by atoms with van der Waals surface area (Å²) in [5, 5.41) is 3.33. The second-order valence-electron chi connectivity index (χ2n) is 6.70. The van der Waals surface area contributed by atoms with Gasteiger partial charge in [0, 0.05) is 57.7 Å². The summed E-state index contributed by atoms with van der Waals surface area (Å²) in [6.07, 6.45) is 2.81. The molecule has 0 aromatic heterocycles. The first-order valence-corrected chi connectivity index (χ1v) is 8.65. The number of carbonyl (C=O) groups is 2. The molecule has 0 unspecified atom stereocenters. The minimum Gasteiger partial charge on any atom is -0.314 e. The quantitative estimate of drug-likeness (QED) is 0.843. The van der Waals surface area contributed by atoms with Gasteiger partial charge in [-0.05, 0) is 36.1 Å². The van der Waals surface area contributed by atoms with E-state index in [-0.39, 0.29) is 11.7 Å². The molecule has 0 aliphatic carbocycles. The Balaban J connectivity index is 1.49. The molecule has 4 rings (SSSR count). The van der Waals surface area contributed by atoms with Crippen LogP contribution in [0.15, 0.2) is 12.1 Å². The Morgan fingerprint density at radius 2 is 1.78 bits per heavy atom. The highest BCUT2D eigenvalue weighted by Crippen LogP contribution is 2.37. The minimum absolute atomic E-state index is 0.231. The van der Waals surface area contributed by atoms with Gasteiger partial charge in [-0.25, -0.2) is 0 Å². The molecule has 0 bridgehead atoms. The summed E-state index contributed by atoms with van der Waals surface area (Å²) in [5.41, 5.74) is 4.30. The van der Waals surface area contributed by atoms with E-state index in [0.717, 1.165) is 63.4 Å². The zero-order valence-electron chi connectivity index (χ0n) is 13.4. The molecule has 1 N–H and O–H groups in total. The molecule has 1 aromatic carbocycles. The molecule has 5 heteroatoms. The topological polar surface area (TPSA) is 52.7 Å². The van der Waals surface area contributed by atoms with Crippen molar-refractivity contribution in [1.29, 1.82) is 0 Å². The van der Waals surface area contributed by atoms with Gasteiger partial charge in [0.25, 0.3) is 0 Å². The lowest BCUT2D eigenvalue weighted by Crippen LogP contribution is -2.44. The molecule has 23 heavy (non-hydrogen) atoms. The molecule has 0 atom stereocenters. The summed E-state index contributed by atoms with van der Waals surface area (Å²) in [5.74, 6) is 0.465. The molecule has 5 nitrogen and oxygen atoms in total. The van der Waals surface area contributed by atoms with Gasteiger partial charge in [-0.1, -0.05) is 0 Å². The Hall–Kier alpha value is -1.72. The Morgan fingerprint density at radius 3 is 2.57 bits per heavy atom. The number of benzene rings is 1. The van der Waals surface area contributed by atoms with Gasteiger partial charge in [0.1, 0.15) is 0 Å². The standard InChI is InChI=1S/C18H23N3O2/c22-16(4-7-20-9-5-19-6-10-20)15-11-13-1-2-17(23)21-8-3-14(12-15)18(13)21/h11-12,19H,1-10H2. The van der Waals surface area contributed by atoms with Gasteiger partial charge in [-0.15, -0.1) is 0 Å². The molecule has 0 radical (unpaired) electrons. The third-order valence-corrected chi connectivity index (χ3v) is 5.24. The van der Waals surface area contributed by atoms with Crippen LogP contribution in [0.4, 0.5) is 5.69 Å². The first-order chi connectivity index (χ1) is 11.2. The molecule has 1 fully saturated rings. The van der Waals surface area contributed by atoms with E-state index in [1.807, 2.05) is 17.0 Å². The second-order valence-corrected chi connectivity index (χ2v) is 6.70. The lowest BCUT2D eigenvalue weighted by Gasteiger charge is -2.27. The zero-order chi connectivity index (χ0) is 15.8. The van der Waals surface area contributed by atoms with Crippen LogP contribution in [0.25, 0.3) is 0 Å². The van der Waals surface area contributed by atoms with E-state index in [4.69, 9.17) is 0 Å². The summed E-state index contributed by atoms with van der Waals surface area (Å²) in [6, 6.07) is 4.06. The van der Waals surface area contributed by atoms with Gasteiger partial charge < -0.3 is 15.1 Å². The molecule has 1 amide bonds. The van der Waals surface area contributed by atoms with Crippen molar-refractivity contribution in [3.63, 3.8) is 0 Å². The molecule has 3 aliphatic rings. The number of nitrogens with zero attached hydrogens (tertiary/aromatic N) is 2. The van der Waals surface area contributed by atoms with Crippen LogP contribution < -0.4 is 10.2 Å². The Labute approximate surface area is 136 Å². The van der Waals surface area contributed by atoms with Gasteiger partial charge in [-0.3, -0.25) is 9.59 Å². The predicted molar refractivity (Wildman–Crippen MR) is 89.1 cm³/mol. The van der Waals surface area contributed by atoms with Crippen LogP contribution in [0.5, 0.6) is 0 Å². The van der Waals surface area contributed by atoms with Crippen molar-refractivity contribution in [2.24, 2.45) is 0 Å². The summed E-state index contributed by atoms with van der Waals surface area (Å²) in [7, 11) is 0. The van der Waals surface area contributed by atoms with Crippen LogP contribution in [0.1, 0.15) is 34.3 Å². The Bertz CT molecular complexity index is 650. The van der Waals surface area contributed by atoms with Crippen molar-refractivity contribution in [1.82, 2.24) is 10.2 Å². The van der Waals surface area contributed by atoms with Crippen molar-refractivity contribution in [2.45, 2.75) is 25.7 Å². The molecule has 1 saturated heterocycles. The smallest absolute Gasteiger partial charge is 0.227 e. The minimum atomic E-state index is 0.231. The van der Waals surface area contributed by atoms with Gasteiger partial charge in [0.05, 0.1) is 5.69 Å². The van der Waals surface area contributed by atoms with Crippen molar-refractivity contribution >= 4 is 17.4 Å². The van der Waals surface area contributed by atoms with Crippen molar-refractivity contribution in [2.75, 3.05) is 44.2 Å². The molecule has 3 heterocycles. The van der Waals surface area contributed by atoms with Crippen LogP contribution in [0, 0.1) is 0 Å². The highest BCUT2D eigenvalue weighted by atomic mass is 16.2. The first-order valence-electron chi connectivity index (χ1n) is 8.65. The van der Waals surface area contributed by atoms with E-state index in [1.165, 1.54) is 11.1 Å². The normalized spacial score (nSPS) is 20.7. The zero-order valence-corrected chi connectivity index (χ0v) is 13.4. The molecule has 1 aromatic rings. The van der Waals surface area contributed by atoms with E-state index >= 15 is 0 Å². The number of hydrogen-bond donors (Lipinski definition) is 1. The third kappa shape index (κ3) is 2.79. The van der Waals surface area contributed by atoms with E-state index in [2.05, 4.69) is 10.2 Å². The fourth-order valence-corrected chi connectivity index (χ4v) is 3.96. The maximum absolute atomic E-state index is 12.6. The monoisotopic (exact) mass is 313 g/mol. The van der Waals surface area contributed by atoms with Crippen molar-refractivity contribution < 1.29 is 9.59 Å². The number of aryl methyl sites for hydroxylation is 1. The van der Waals surface area contributed by atoms with Crippen LogP contribution in [0.3, 0.4) is 0 Å². The number of hydrogen-bond acceptors (Lipinski definition) is 4. The number of anilines is 1. The van der Waals surface area contributed by atoms with Crippen molar-refractivity contribution in [3.8, 4) is 0 Å². The number of amides is 1. The van der Waals surface area contributed by atoms with E-state index in [9.17, 15) is 9.59 Å². The predicted octanol–water partition coefficient (Wildman–Crippen LogP) is 1.000. The summed E-state index contributed by atoms with van der Waals surface area (Å²) in [6.45, 7) is 5.71. The third-order valence-electron chi connectivity index (χ3n) is 5.24. The molecule has 122 valence electrons. The van der Waals surface area contributed by atoms with Gasteiger partial charge in [0.15, 0.2) is 5.78 Å². The first kappa shape index (κ1) is 14.8. The van der Waals surface area contributed by atoms with E-state index in [0.29, 0.717) is 12.8 Å². The SMILES string of the molecule is O=C(CCN1CCNCC1)c1cc2c3c(c1)CCN3C(=O)CC2. The van der Waals surface area contributed by atoms with E-state index in [1.54, 1.807) is 0 Å². The summed E-state index contributed by atoms with van der Waals surface area (Å²) >= 11 is 0. The highest BCUT2D eigenvalue weighted by Gasteiger charge is 2.31. The van der Waals surface area contributed by atoms with Crippen LogP contribution in [-0.4, -0.2) is 55.9 Å². The lowest BCUT2D eigenvalue weighted by molar-refractivity contribution is -0.118. The highest BCUT2D eigenvalue weighted by molar-refractivity contribution is 6.02. The maximum Gasteiger partial charge on any atom is 0.227 e. The van der Waals surface area contributed by atoms with Gasteiger partial charge >= 0.3 is 0 Å². The number of rotatable bonds is 4.